The van der Waals surface area contributed by atoms with Crippen molar-refractivity contribution >= 4 is 12.6 Å². The monoisotopic (exact) mass is 270 g/mol. The summed E-state index contributed by atoms with van der Waals surface area (Å²) < 4.78 is 11.9. The minimum Gasteiger partial charge on any atom is -0.399 e. The molecule has 5 heteroatoms. The Morgan fingerprint density at radius 2 is 1.95 bits per heavy atom. The second-order valence-corrected chi connectivity index (χ2v) is 5.96. The molecule has 0 saturated carbocycles. The molecule has 2 rings (SSSR count). The van der Waals surface area contributed by atoms with Crippen LogP contribution in [0.5, 0.6) is 0 Å². The second-order valence-electron chi connectivity index (χ2n) is 5.96. The van der Waals surface area contributed by atoms with Gasteiger partial charge in [-0.05, 0) is 33.8 Å². The molecular formula is C15H19BN2O2. The van der Waals surface area contributed by atoms with E-state index in [-0.39, 0.29) is 0 Å². The van der Waals surface area contributed by atoms with E-state index in [0.717, 1.165) is 11.2 Å². The summed E-state index contributed by atoms with van der Waals surface area (Å²) in [4.78, 5) is 4.33. The van der Waals surface area contributed by atoms with Crippen molar-refractivity contribution in [2.45, 2.75) is 45.3 Å². The molecule has 4 nitrogen and oxygen atoms in total. The third-order valence-corrected chi connectivity index (χ3v) is 3.97. The Morgan fingerprint density at radius 3 is 2.45 bits per heavy atom. The molecule has 0 spiro atoms. The molecule has 0 aromatic carbocycles. The fraction of sp³-hybridized carbons (Fsp3) is 0.467. The van der Waals surface area contributed by atoms with E-state index in [2.05, 4.69) is 17.6 Å². The van der Waals surface area contributed by atoms with Gasteiger partial charge < -0.3 is 9.31 Å². The Morgan fingerprint density at radius 1 is 1.35 bits per heavy atom. The van der Waals surface area contributed by atoms with Gasteiger partial charge in [-0.2, -0.15) is 5.26 Å². The minimum atomic E-state index is -0.489. The molecule has 104 valence electrons. The zero-order chi connectivity index (χ0) is 15.0. The Labute approximate surface area is 120 Å². The van der Waals surface area contributed by atoms with Crippen molar-refractivity contribution in [2.24, 2.45) is 0 Å². The van der Waals surface area contributed by atoms with Crippen LogP contribution in [-0.2, 0) is 15.7 Å². The minimum absolute atomic E-state index is 0.399. The van der Waals surface area contributed by atoms with Gasteiger partial charge in [0.25, 0.3) is 0 Å². The largest absolute Gasteiger partial charge is 0.496 e. The van der Waals surface area contributed by atoms with E-state index in [4.69, 9.17) is 9.31 Å². The predicted octanol–water partition coefficient (Wildman–Crippen LogP) is 1.98. The molecule has 0 atom stereocenters. The van der Waals surface area contributed by atoms with E-state index in [0.29, 0.717) is 12.0 Å². The fourth-order valence-corrected chi connectivity index (χ4v) is 2.01. The van der Waals surface area contributed by atoms with Crippen LogP contribution in [0.15, 0.2) is 24.9 Å². The van der Waals surface area contributed by atoms with Crippen molar-refractivity contribution in [3.05, 3.63) is 36.2 Å². The topological polar surface area (TPSA) is 55.1 Å². The summed E-state index contributed by atoms with van der Waals surface area (Å²) in [7, 11) is -0.489. The maximum Gasteiger partial charge on any atom is 0.496 e. The highest BCUT2D eigenvalue weighted by Crippen LogP contribution is 2.36. The van der Waals surface area contributed by atoms with Gasteiger partial charge in [-0.3, -0.25) is 4.98 Å². The van der Waals surface area contributed by atoms with Crippen LogP contribution in [-0.4, -0.2) is 23.3 Å². The van der Waals surface area contributed by atoms with Gasteiger partial charge in [0.1, 0.15) is 6.07 Å². The normalized spacial score (nSPS) is 19.6. The molecule has 0 unspecified atom stereocenters. The van der Waals surface area contributed by atoms with Crippen LogP contribution in [0.1, 0.15) is 39.0 Å². The lowest BCUT2D eigenvalue weighted by Crippen LogP contribution is -2.41. The quantitative estimate of drug-likeness (QED) is 0.622. The molecule has 1 aliphatic heterocycles. The van der Waals surface area contributed by atoms with Crippen LogP contribution >= 0.6 is 0 Å². The third kappa shape index (κ3) is 2.49. The van der Waals surface area contributed by atoms with E-state index in [1.165, 1.54) is 0 Å². The number of aromatic nitrogens is 1. The van der Waals surface area contributed by atoms with Crippen LogP contribution in [0, 0.1) is 11.3 Å². The van der Waals surface area contributed by atoms with Gasteiger partial charge in [-0.15, -0.1) is 6.58 Å². The summed E-state index contributed by atoms with van der Waals surface area (Å²) >= 11 is 0. The van der Waals surface area contributed by atoms with Crippen LogP contribution in [0.3, 0.4) is 0 Å². The van der Waals surface area contributed by atoms with Crippen LogP contribution in [0.25, 0.3) is 0 Å². The highest BCUT2D eigenvalue weighted by molar-refractivity contribution is 6.62. The Hall–Kier alpha value is -1.64. The molecule has 2 heterocycles. The maximum atomic E-state index is 9.21. The molecule has 0 amide bonds. The highest BCUT2D eigenvalue weighted by Gasteiger charge is 2.51. The lowest BCUT2D eigenvalue weighted by molar-refractivity contribution is 0.00578. The summed E-state index contributed by atoms with van der Waals surface area (Å²) in [5.74, 6) is 0. The molecule has 1 aliphatic rings. The van der Waals surface area contributed by atoms with E-state index >= 15 is 0 Å². The molecule has 20 heavy (non-hydrogen) atoms. The van der Waals surface area contributed by atoms with Crippen molar-refractivity contribution in [3.63, 3.8) is 0 Å². The molecular weight excluding hydrogens is 251 g/mol. The summed E-state index contributed by atoms with van der Waals surface area (Å²) in [5, 5.41) is 9.21. The Bertz CT molecular complexity index is 560. The van der Waals surface area contributed by atoms with Gasteiger partial charge in [-0.25, -0.2) is 0 Å². The van der Waals surface area contributed by atoms with Gasteiger partial charge in [0.2, 0.25) is 0 Å². The average Bonchev–Trinajstić information content (AvgIpc) is 2.59. The second kappa shape index (κ2) is 5.04. The smallest absolute Gasteiger partial charge is 0.399 e. The summed E-state index contributed by atoms with van der Waals surface area (Å²) in [6.45, 7) is 11.7. The van der Waals surface area contributed by atoms with Crippen molar-refractivity contribution in [1.82, 2.24) is 4.98 Å². The number of rotatable bonds is 3. The molecule has 0 N–H and O–H groups in total. The van der Waals surface area contributed by atoms with Gasteiger partial charge in [0.15, 0.2) is 0 Å². The molecule has 0 aliphatic carbocycles. The van der Waals surface area contributed by atoms with E-state index in [1.54, 1.807) is 18.3 Å². The van der Waals surface area contributed by atoms with Crippen LogP contribution in [0.2, 0.25) is 0 Å². The SMILES string of the molecule is C=CCc1ncc(B2OC(C)(C)C(C)(C)O2)cc1C#N. The third-order valence-electron chi connectivity index (χ3n) is 3.97. The predicted molar refractivity (Wildman–Crippen MR) is 78.6 cm³/mol. The average molecular weight is 270 g/mol. The van der Waals surface area contributed by atoms with Gasteiger partial charge in [0.05, 0.1) is 22.5 Å². The van der Waals surface area contributed by atoms with Gasteiger partial charge >= 0.3 is 7.12 Å². The highest BCUT2D eigenvalue weighted by atomic mass is 16.7. The summed E-state index contributed by atoms with van der Waals surface area (Å²) in [5.41, 5.74) is 1.24. The molecule has 1 aromatic rings. The maximum absolute atomic E-state index is 9.21. The molecule has 1 fully saturated rings. The number of allylic oxidation sites excluding steroid dienone is 1. The standard InChI is InChI=1S/C15H19BN2O2/c1-6-7-13-11(9-17)8-12(10-18-13)16-19-14(2,3)15(4,5)20-16/h6,8,10H,1,7H2,2-5H3. The van der Waals surface area contributed by atoms with Crippen LogP contribution in [0.4, 0.5) is 0 Å². The van der Waals surface area contributed by atoms with Crippen LogP contribution < -0.4 is 5.46 Å². The van der Waals surface area contributed by atoms with E-state index < -0.39 is 18.3 Å². The van der Waals surface area contributed by atoms with Crippen molar-refractivity contribution in [1.29, 1.82) is 5.26 Å². The first-order chi connectivity index (χ1) is 9.30. The Kier molecular flexibility index (Phi) is 3.72. The van der Waals surface area contributed by atoms with E-state index in [1.807, 2.05) is 27.7 Å². The fourth-order valence-electron chi connectivity index (χ4n) is 2.01. The van der Waals surface area contributed by atoms with E-state index in [9.17, 15) is 5.26 Å². The molecule has 1 aromatic heterocycles. The first kappa shape index (κ1) is 14.8. The van der Waals surface area contributed by atoms with Crippen molar-refractivity contribution < 1.29 is 9.31 Å². The molecule has 1 saturated heterocycles. The number of nitrogens with zero attached hydrogens (tertiary/aromatic N) is 2. The van der Waals surface area contributed by atoms with Crippen molar-refractivity contribution in [3.8, 4) is 6.07 Å². The zero-order valence-corrected chi connectivity index (χ0v) is 12.4. The number of hydrogen-bond donors (Lipinski definition) is 0. The lowest BCUT2D eigenvalue weighted by Gasteiger charge is -2.32. The summed E-state index contributed by atoms with van der Waals surface area (Å²) in [6, 6.07) is 3.95. The van der Waals surface area contributed by atoms with Crippen molar-refractivity contribution in [2.75, 3.05) is 0 Å². The first-order valence-electron chi connectivity index (χ1n) is 6.66. The first-order valence-corrected chi connectivity index (χ1v) is 6.66. The van der Waals surface area contributed by atoms with Gasteiger partial charge in [0, 0.05) is 18.1 Å². The molecule has 0 radical (unpaired) electrons. The number of pyridine rings is 1. The lowest BCUT2D eigenvalue weighted by atomic mass is 9.79. The van der Waals surface area contributed by atoms with Gasteiger partial charge in [-0.1, -0.05) is 6.08 Å². The summed E-state index contributed by atoms with van der Waals surface area (Å²) in [6.07, 6.45) is 4.02. The number of nitriles is 1. The zero-order valence-electron chi connectivity index (χ0n) is 12.4. The Balaban J connectivity index is 2.32. The molecule has 0 bridgehead atoms. The number of hydrogen-bond acceptors (Lipinski definition) is 4.